The van der Waals surface area contributed by atoms with Gasteiger partial charge in [-0.2, -0.15) is 0 Å². The van der Waals surface area contributed by atoms with Gasteiger partial charge in [0, 0.05) is 17.3 Å². The van der Waals surface area contributed by atoms with Crippen LogP contribution < -0.4 is 10.5 Å². The first-order chi connectivity index (χ1) is 11.8. The summed E-state index contributed by atoms with van der Waals surface area (Å²) in [4.78, 5) is 14.1. The molecule has 134 valence electrons. The Bertz CT molecular complexity index is 856. The zero-order chi connectivity index (χ0) is 18.4. The number of anilines is 1. The minimum atomic E-state index is -3.81. The molecule has 2 rings (SSSR count). The average molecular weight is 382 g/mol. The number of primary sulfonamides is 1. The SMILES string of the molecule is CCN(CC(=O)Nc1cccc(S(N)(=O)=O)c1)Cc1ccccc1Cl. The molecular formula is C17H20ClN3O3S. The third kappa shape index (κ3) is 5.82. The highest BCUT2D eigenvalue weighted by molar-refractivity contribution is 7.89. The van der Waals surface area contributed by atoms with E-state index in [2.05, 4.69) is 5.32 Å². The number of nitrogens with one attached hydrogen (secondary N) is 1. The molecule has 1 amide bonds. The van der Waals surface area contributed by atoms with Crippen LogP contribution in [0.15, 0.2) is 53.4 Å². The van der Waals surface area contributed by atoms with Crippen LogP contribution in [-0.2, 0) is 21.4 Å². The first-order valence-electron chi connectivity index (χ1n) is 7.68. The van der Waals surface area contributed by atoms with Gasteiger partial charge in [-0.3, -0.25) is 9.69 Å². The van der Waals surface area contributed by atoms with Gasteiger partial charge in [0.25, 0.3) is 0 Å². The molecule has 0 saturated heterocycles. The van der Waals surface area contributed by atoms with E-state index in [1.54, 1.807) is 6.07 Å². The second kappa shape index (κ2) is 8.44. The third-order valence-corrected chi connectivity index (χ3v) is 4.89. The van der Waals surface area contributed by atoms with Gasteiger partial charge in [-0.15, -0.1) is 0 Å². The summed E-state index contributed by atoms with van der Waals surface area (Å²) in [6.07, 6.45) is 0. The van der Waals surface area contributed by atoms with E-state index >= 15 is 0 Å². The van der Waals surface area contributed by atoms with Gasteiger partial charge < -0.3 is 5.32 Å². The van der Waals surface area contributed by atoms with E-state index in [0.29, 0.717) is 23.8 Å². The van der Waals surface area contributed by atoms with Crippen molar-refractivity contribution in [1.29, 1.82) is 0 Å². The van der Waals surface area contributed by atoms with E-state index in [1.807, 2.05) is 36.1 Å². The topological polar surface area (TPSA) is 92.5 Å². The zero-order valence-corrected chi connectivity index (χ0v) is 15.3. The second-order valence-electron chi connectivity index (χ2n) is 5.52. The Morgan fingerprint density at radius 2 is 1.92 bits per heavy atom. The molecule has 8 heteroatoms. The molecule has 0 atom stereocenters. The number of halogens is 1. The maximum absolute atomic E-state index is 12.3. The molecule has 0 fully saturated rings. The third-order valence-electron chi connectivity index (χ3n) is 3.61. The average Bonchev–Trinajstić information content (AvgIpc) is 2.55. The lowest BCUT2D eigenvalue weighted by molar-refractivity contribution is -0.117. The number of hydrogen-bond donors (Lipinski definition) is 2. The van der Waals surface area contributed by atoms with Crippen molar-refractivity contribution in [1.82, 2.24) is 4.90 Å². The van der Waals surface area contributed by atoms with Crippen LogP contribution in [0.4, 0.5) is 5.69 Å². The fourth-order valence-electron chi connectivity index (χ4n) is 2.30. The van der Waals surface area contributed by atoms with Crippen molar-refractivity contribution in [3.63, 3.8) is 0 Å². The van der Waals surface area contributed by atoms with Gasteiger partial charge in [0.15, 0.2) is 0 Å². The Morgan fingerprint density at radius 1 is 1.20 bits per heavy atom. The van der Waals surface area contributed by atoms with Gasteiger partial charge in [0.05, 0.1) is 11.4 Å². The molecule has 2 aromatic carbocycles. The molecular weight excluding hydrogens is 362 g/mol. The van der Waals surface area contributed by atoms with Gasteiger partial charge in [-0.05, 0) is 36.4 Å². The molecule has 0 aromatic heterocycles. The highest BCUT2D eigenvalue weighted by Crippen LogP contribution is 2.17. The number of amides is 1. The summed E-state index contributed by atoms with van der Waals surface area (Å²) in [5, 5.41) is 8.44. The van der Waals surface area contributed by atoms with Crippen molar-refractivity contribution in [3.8, 4) is 0 Å². The number of sulfonamides is 1. The minimum absolute atomic E-state index is 0.0475. The molecule has 25 heavy (non-hydrogen) atoms. The lowest BCUT2D eigenvalue weighted by atomic mass is 10.2. The lowest BCUT2D eigenvalue weighted by Crippen LogP contribution is -2.32. The summed E-state index contributed by atoms with van der Waals surface area (Å²) in [5.41, 5.74) is 1.32. The quantitative estimate of drug-likeness (QED) is 0.770. The molecule has 3 N–H and O–H groups in total. The standard InChI is InChI=1S/C17H20ClN3O3S/c1-2-21(11-13-6-3-4-9-16(13)18)12-17(22)20-14-7-5-8-15(10-14)25(19,23)24/h3-10H,2,11-12H2,1H3,(H,20,22)(H2,19,23,24). The normalized spacial score (nSPS) is 11.5. The molecule has 2 aromatic rings. The Morgan fingerprint density at radius 3 is 2.56 bits per heavy atom. The molecule has 0 aliphatic rings. The predicted molar refractivity (Wildman–Crippen MR) is 98.8 cm³/mol. The van der Waals surface area contributed by atoms with E-state index in [1.165, 1.54) is 18.2 Å². The van der Waals surface area contributed by atoms with Crippen LogP contribution in [0, 0.1) is 0 Å². The van der Waals surface area contributed by atoms with Gasteiger partial charge in [0.2, 0.25) is 15.9 Å². The second-order valence-corrected chi connectivity index (χ2v) is 7.48. The van der Waals surface area contributed by atoms with Crippen LogP contribution >= 0.6 is 11.6 Å². The highest BCUT2D eigenvalue weighted by Gasteiger charge is 2.13. The largest absolute Gasteiger partial charge is 0.325 e. The molecule has 0 radical (unpaired) electrons. The van der Waals surface area contributed by atoms with Crippen LogP contribution in [-0.4, -0.2) is 32.3 Å². The molecule has 0 aliphatic heterocycles. The zero-order valence-electron chi connectivity index (χ0n) is 13.8. The maximum Gasteiger partial charge on any atom is 0.238 e. The highest BCUT2D eigenvalue weighted by atomic mass is 35.5. The smallest absolute Gasteiger partial charge is 0.238 e. The number of nitrogens with two attached hydrogens (primary N) is 1. The van der Waals surface area contributed by atoms with E-state index < -0.39 is 10.0 Å². The molecule has 0 saturated carbocycles. The Balaban J connectivity index is 2.02. The number of hydrogen-bond acceptors (Lipinski definition) is 4. The van der Waals surface area contributed by atoms with Gasteiger partial charge in [0.1, 0.15) is 0 Å². The number of likely N-dealkylation sites (N-methyl/N-ethyl adjacent to an activating group) is 1. The van der Waals surface area contributed by atoms with Crippen LogP contribution in [0.5, 0.6) is 0 Å². The number of benzene rings is 2. The van der Waals surface area contributed by atoms with Crippen molar-refractivity contribution in [3.05, 3.63) is 59.1 Å². The van der Waals surface area contributed by atoms with E-state index in [4.69, 9.17) is 16.7 Å². The van der Waals surface area contributed by atoms with Crippen molar-refractivity contribution in [2.24, 2.45) is 5.14 Å². The molecule has 6 nitrogen and oxygen atoms in total. The molecule has 0 heterocycles. The number of carbonyl (C=O) groups excluding carboxylic acids is 1. The lowest BCUT2D eigenvalue weighted by Gasteiger charge is -2.20. The number of rotatable bonds is 7. The van der Waals surface area contributed by atoms with Gasteiger partial charge >= 0.3 is 0 Å². The monoisotopic (exact) mass is 381 g/mol. The van der Waals surface area contributed by atoms with Crippen LogP contribution in [0.2, 0.25) is 5.02 Å². The van der Waals surface area contributed by atoms with Crippen LogP contribution in [0.1, 0.15) is 12.5 Å². The van der Waals surface area contributed by atoms with E-state index in [-0.39, 0.29) is 17.3 Å². The van der Waals surface area contributed by atoms with Gasteiger partial charge in [-0.25, -0.2) is 13.6 Å². The predicted octanol–water partition coefficient (Wildman–Crippen LogP) is 2.45. The summed E-state index contributed by atoms with van der Waals surface area (Å²) in [5.74, 6) is -0.250. The first kappa shape index (κ1) is 19.4. The van der Waals surface area contributed by atoms with Crippen molar-refractivity contribution >= 4 is 33.2 Å². The minimum Gasteiger partial charge on any atom is -0.325 e. The summed E-state index contributed by atoms with van der Waals surface area (Å²) in [7, 11) is -3.81. The summed E-state index contributed by atoms with van der Waals surface area (Å²) in [6, 6.07) is 13.3. The maximum atomic E-state index is 12.3. The van der Waals surface area contributed by atoms with Crippen molar-refractivity contribution in [2.75, 3.05) is 18.4 Å². The molecule has 0 spiro atoms. The molecule has 0 aliphatic carbocycles. The first-order valence-corrected chi connectivity index (χ1v) is 9.60. The van der Waals surface area contributed by atoms with Crippen LogP contribution in [0.3, 0.4) is 0 Å². The fourth-order valence-corrected chi connectivity index (χ4v) is 3.06. The number of carbonyl (C=O) groups is 1. The van der Waals surface area contributed by atoms with Gasteiger partial charge in [-0.1, -0.05) is 42.8 Å². The van der Waals surface area contributed by atoms with Crippen molar-refractivity contribution in [2.45, 2.75) is 18.4 Å². The summed E-state index contributed by atoms with van der Waals surface area (Å²) < 4.78 is 22.7. The van der Waals surface area contributed by atoms with E-state index in [9.17, 15) is 13.2 Å². The van der Waals surface area contributed by atoms with Crippen LogP contribution in [0.25, 0.3) is 0 Å². The number of nitrogens with zero attached hydrogens (tertiary/aromatic N) is 1. The Labute approximate surface area is 152 Å². The van der Waals surface area contributed by atoms with E-state index in [0.717, 1.165) is 5.56 Å². The molecule has 0 bridgehead atoms. The summed E-state index contributed by atoms with van der Waals surface area (Å²) in [6.45, 7) is 3.31. The van der Waals surface area contributed by atoms with Crippen molar-refractivity contribution < 1.29 is 13.2 Å². The Hall–Kier alpha value is -1.93. The Kier molecular flexibility index (Phi) is 6.55. The summed E-state index contributed by atoms with van der Waals surface area (Å²) >= 11 is 6.16. The molecule has 0 unspecified atom stereocenters. The fraction of sp³-hybridized carbons (Fsp3) is 0.235.